The molecule has 0 saturated carbocycles. The number of ether oxygens (including phenoxy) is 1. The van der Waals surface area contributed by atoms with E-state index in [1.54, 1.807) is 24.5 Å². The second-order valence-electron chi connectivity index (χ2n) is 4.32. The molecule has 2 aromatic rings. The van der Waals surface area contributed by atoms with Gasteiger partial charge in [-0.25, -0.2) is 4.39 Å². The number of pyridine rings is 1. The summed E-state index contributed by atoms with van der Waals surface area (Å²) in [6.45, 7) is 0.450. The van der Waals surface area contributed by atoms with Gasteiger partial charge in [-0.3, -0.25) is 4.98 Å². The van der Waals surface area contributed by atoms with E-state index in [1.807, 2.05) is 12.1 Å². The number of aromatic nitrogens is 1. The molecule has 2 rings (SSSR count). The summed E-state index contributed by atoms with van der Waals surface area (Å²) >= 11 is 4.79. The Hall–Kier alpha value is -2.01. The molecule has 0 aliphatic carbocycles. The summed E-state index contributed by atoms with van der Waals surface area (Å²) < 4.78 is 19.1. The third-order valence-electron chi connectivity index (χ3n) is 2.83. The number of nitrogens with two attached hydrogens (primary N) is 1. The van der Waals surface area contributed by atoms with Crippen molar-refractivity contribution in [3.8, 4) is 5.75 Å². The summed E-state index contributed by atoms with van der Waals surface area (Å²) in [5.74, 6) is -0.223. The van der Waals surface area contributed by atoms with Crippen LogP contribution in [-0.2, 0) is 6.42 Å². The molecule has 104 valence electrons. The van der Waals surface area contributed by atoms with Crippen LogP contribution in [0.15, 0.2) is 42.7 Å². The molecule has 0 aliphatic rings. The number of halogens is 1. The Morgan fingerprint density at radius 1 is 1.25 bits per heavy atom. The highest BCUT2D eigenvalue weighted by atomic mass is 32.1. The van der Waals surface area contributed by atoms with Crippen molar-refractivity contribution >= 4 is 17.2 Å². The van der Waals surface area contributed by atoms with Gasteiger partial charge in [0.15, 0.2) is 11.6 Å². The fourth-order valence-electron chi connectivity index (χ4n) is 1.78. The van der Waals surface area contributed by atoms with Crippen LogP contribution < -0.4 is 10.5 Å². The molecule has 2 N–H and O–H groups in total. The van der Waals surface area contributed by atoms with E-state index in [0.29, 0.717) is 12.2 Å². The van der Waals surface area contributed by atoms with E-state index in [-0.39, 0.29) is 10.7 Å². The number of rotatable bonds is 6. The monoisotopic (exact) mass is 290 g/mol. The number of thiocarbonyl (C=S) groups is 1. The quantitative estimate of drug-likeness (QED) is 0.656. The lowest BCUT2D eigenvalue weighted by molar-refractivity contribution is 0.295. The second kappa shape index (κ2) is 6.96. The highest BCUT2D eigenvalue weighted by Crippen LogP contribution is 2.18. The summed E-state index contributed by atoms with van der Waals surface area (Å²) in [5.41, 5.74) is 7.13. The molecule has 1 aromatic heterocycles. The van der Waals surface area contributed by atoms with Gasteiger partial charge in [-0.05, 0) is 48.7 Å². The van der Waals surface area contributed by atoms with E-state index < -0.39 is 5.82 Å². The van der Waals surface area contributed by atoms with E-state index in [0.717, 1.165) is 12.8 Å². The first kappa shape index (κ1) is 14.4. The van der Waals surface area contributed by atoms with E-state index >= 15 is 0 Å². The Morgan fingerprint density at radius 3 is 2.65 bits per heavy atom. The van der Waals surface area contributed by atoms with E-state index in [9.17, 15) is 4.39 Å². The molecule has 0 saturated heterocycles. The fourth-order valence-corrected chi connectivity index (χ4v) is 1.91. The van der Waals surface area contributed by atoms with Crippen molar-refractivity contribution in [2.45, 2.75) is 12.8 Å². The van der Waals surface area contributed by atoms with Crippen molar-refractivity contribution in [3.63, 3.8) is 0 Å². The zero-order chi connectivity index (χ0) is 14.4. The molecular weight excluding hydrogens is 275 g/mol. The van der Waals surface area contributed by atoms with Crippen molar-refractivity contribution in [2.75, 3.05) is 6.61 Å². The maximum atomic E-state index is 13.7. The zero-order valence-corrected chi connectivity index (χ0v) is 11.7. The number of aryl methyl sites for hydroxylation is 1. The van der Waals surface area contributed by atoms with Gasteiger partial charge in [-0.1, -0.05) is 12.2 Å². The smallest absolute Gasteiger partial charge is 0.165 e. The van der Waals surface area contributed by atoms with Gasteiger partial charge in [0.05, 0.1) is 6.61 Å². The molecule has 0 atom stereocenters. The molecule has 3 nitrogen and oxygen atoms in total. The molecule has 0 spiro atoms. The Bertz CT molecular complexity index is 590. The largest absolute Gasteiger partial charge is 0.491 e. The van der Waals surface area contributed by atoms with Crippen LogP contribution in [-0.4, -0.2) is 16.6 Å². The van der Waals surface area contributed by atoms with Gasteiger partial charge in [-0.2, -0.15) is 0 Å². The van der Waals surface area contributed by atoms with Crippen molar-refractivity contribution in [1.82, 2.24) is 4.98 Å². The molecule has 20 heavy (non-hydrogen) atoms. The average Bonchev–Trinajstić information content (AvgIpc) is 2.46. The molecule has 1 aromatic carbocycles. The second-order valence-corrected chi connectivity index (χ2v) is 4.76. The molecule has 1 heterocycles. The number of hydrogen-bond donors (Lipinski definition) is 1. The Labute approximate surface area is 122 Å². The van der Waals surface area contributed by atoms with Gasteiger partial charge >= 0.3 is 0 Å². The van der Waals surface area contributed by atoms with Crippen LogP contribution in [0, 0.1) is 5.82 Å². The summed E-state index contributed by atoms with van der Waals surface area (Å²) in [4.78, 5) is 4.13. The summed E-state index contributed by atoms with van der Waals surface area (Å²) in [7, 11) is 0. The first-order valence-corrected chi connectivity index (χ1v) is 6.68. The normalized spacial score (nSPS) is 10.2. The van der Waals surface area contributed by atoms with Crippen LogP contribution >= 0.6 is 12.2 Å². The maximum Gasteiger partial charge on any atom is 0.165 e. The van der Waals surface area contributed by atoms with Crippen LogP contribution in [0.3, 0.4) is 0 Å². The topological polar surface area (TPSA) is 48.1 Å². The third kappa shape index (κ3) is 3.99. The number of nitrogens with zero attached hydrogens (tertiary/aromatic N) is 1. The van der Waals surface area contributed by atoms with Crippen LogP contribution in [0.5, 0.6) is 5.75 Å². The number of benzene rings is 1. The molecule has 0 fully saturated rings. The average molecular weight is 290 g/mol. The molecule has 0 amide bonds. The van der Waals surface area contributed by atoms with Gasteiger partial charge in [-0.15, -0.1) is 0 Å². The Morgan fingerprint density at radius 2 is 2.00 bits per heavy atom. The van der Waals surface area contributed by atoms with E-state index in [2.05, 4.69) is 4.98 Å². The SMILES string of the molecule is NC(=S)c1ccc(OCCCc2ccncc2)c(F)c1. The molecule has 0 bridgehead atoms. The van der Waals surface area contributed by atoms with Gasteiger partial charge in [0.1, 0.15) is 4.99 Å². The van der Waals surface area contributed by atoms with Gasteiger partial charge in [0.25, 0.3) is 0 Å². The molecule has 0 unspecified atom stereocenters. The Kier molecular flexibility index (Phi) is 5.01. The van der Waals surface area contributed by atoms with Crippen LogP contribution in [0.1, 0.15) is 17.5 Å². The summed E-state index contributed by atoms with van der Waals surface area (Å²) in [6, 6.07) is 8.41. The van der Waals surface area contributed by atoms with Crippen LogP contribution in [0.4, 0.5) is 4.39 Å². The fraction of sp³-hybridized carbons (Fsp3) is 0.200. The third-order valence-corrected chi connectivity index (χ3v) is 3.07. The summed E-state index contributed by atoms with van der Waals surface area (Å²) in [5, 5.41) is 0. The van der Waals surface area contributed by atoms with Gasteiger partial charge < -0.3 is 10.5 Å². The molecular formula is C15H15FN2OS. The number of hydrogen-bond acceptors (Lipinski definition) is 3. The van der Waals surface area contributed by atoms with Crippen LogP contribution in [0.2, 0.25) is 0 Å². The standard InChI is InChI=1S/C15H15FN2OS/c16-13-10-12(15(17)20)3-4-14(13)19-9-1-2-11-5-7-18-8-6-11/h3-8,10H,1-2,9H2,(H2,17,20). The maximum absolute atomic E-state index is 13.7. The highest BCUT2D eigenvalue weighted by Gasteiger charge is 2.06. The minimum Gasteiger partial charge on any atom is -0.491 e. The minimum absolute atomic E-state index is 0.174. The first-order chi connectivity index (χ1) is 9.66. The summed E-state index contributed by atoms with van der Waals surface area (Å²) in [6.07, 6.45) is 5.18. The molecule has 5 heteroatoms. The Balaban J connectivity index is 1.84. The van der Waals surface area contributed by atoms with Gasteiger partial charge in [0.2, 0.25) is 0 Å². The molecule has 0 radical (unpaired) electrons. The van der Waals surface area contributed by atoms with E-state index in [1.165, 1.54) is 11.6 Å². The lowest BCUT2D eigenvalue weighted by atomic mass is 10.1. The predicted molar refractivity (Wildman–Crippen MR) is 80.3 cm³/mol. The lowest BCUT2D eigenvalue weighted by Gasteiger charge is -2.08. The predicted octanol–water partition coefficient (Wildman–Crippen LogP) is 2.87. The van der Waals surface area contributed by atoms with Crippen molar-refractivity contribution in [3.05, 3.63) is 59.7 Å². The van der Waals surface area contributed by atoms with Crippen molar-refractivity contribution < 1.29 is 9.13 Å². The van der Waals surface area contributed by atoms with Crippen LogP contribution in [0.25, 0.3) is 0 Å². The molecule has 0 aliphatic heterocycles. The van der Waals surface area contributed by atoms with Crippen molar-refractivity contribution in [2.24, 2.45) is 5.73 Å². The zero-order valence-electron chi connectivity index (χ0n) is 10.9. The van der Waals surface area contributed by atoms with Crippen molar-refractivity contribution in [1.29, 1.82) is 0 Å². The lowest BCUT2D eigenvalue weighted by Crippen LogP contribution is -2.10. The van der Waals surface area contributed by atoms with Gasteiger partial charge in [0, 0.05) is 18.0 Å². The first-order valence-electron chi connectivity index (χ1n) is 6.28. The minimum atomic E-state index is -0.445. The van der Waals surface area contributed by atoms with E-state index in [4.69, 9.17) is 22.7 Å². The highest BCUT2D eigenvalue weighted by molar-refractivity contribution is 7.80.